The van der Waals surface area contributed by atoms with Gasteiger partial charge in [-0.1, -0.05) is 76.7 Å². The number of hydrogen-bond donors (Lipinski definition) is 0. The van der Waals surface area contributed by atoms with Gasteiger partial charge >= 0.3 is 0 Å². The van der Waals surface area contributed by atoms with Crippen LogP contribution in [0.3, 0.4) is 0 Å². The van der Waals surface area contributed by atoms with Crippen molar-refractivity contribution in [1.29, 1.82) is 0 Å². The third-order valence-electron chi connectivity index (χ3n) is 3.81. The standard InChI is InChI=1S/C17H31/c1-2-4-6-8-10-12-14-16-17-15-13-11-9-7-5-3-1/h1H,2,4-17H2. The second-order valence-electron chi connectivity index (χ2n) is 5.54. The molecule has 0 heterocycles. The minimum Gasteiger partial charge on any atom is -0.0811 e. The van der Waals surface area contributed by atoms with Gasteiger partial charge in [-0.15, -0.1) is 0 Å². The number of allylic oxidation sites excluding steroid dienone is 2. The van der Waals surface area contributed by atoms with Gasteiger partial charge in [-0.25, -0.2) is 0 Å². The van der Waals surface area contributed by atoms with E-state index >= 15 is 0 Å². The van der Waals surface area contributed by atoms with Gasteiger partial charge in [-0.05, 0) is 31.8 Å². The summed E-state index contributed by atoms with van der Waals surface area (Å²) in [6, 6.07) is 0. The average Bonchev–Trinajstić information content (AvgIpc) is 2.35. The highest BCUT2D eigenvalue weighted by Gasteiger charge is 1.94. The fourth-order valence-corrected chi connectivity index (χ4v) is 2.62. The van der Waals surface area contributed by atoms with Gasteiger partial charge < -0.3 is 0 Å². The minimum atomic E-state index is 1.19. The van der Waals surface area contributed by atoms with Crippen LogP contribution in [0, 0.1) is 6.08 Å². The Kier molecular flexibility index (Phi) is 10.6. The van der Waals surface area contributed by atoms with Crippen molar-refractivity contribution in [1.82, 2.24) is 0 Å². The monoisotopic (exact) mass is 235 g/mol. The molecule has 1 rings (SSSR count). The van der Waals surface area contributed by atoms with Gasteiger partial charge in [0.15, 0.2) is 0 Å². The van der Waals surface area contributed by atoms with Crippen LogP contribution in [0.2, 0.25) is 0 Å². The van der Waals surface area contributed by atoms with E-state index < -0.39 is 0 Å². The first-order valence-corrected chi connectivity index (χ1v) is 8.05. The highest BCUT2D eigenvalue weighted by molar-refractivity contribution is 4.73. The lowest BCUT2D eigenvalue weighted by atomic mass is 10.0. The van der Waals surface area contributed by atoms with Crippen molar-refractivity contribution in [3.8, 4) is 0 Å². The molecule has 1 aliphatic carbocycles. The first-order valence-electron chi connectivity index (χ1n) is 8.05. The molecule has 0 aromatic heterocycles. The maximum Gasteiger partial charge on any atom is -0.0279 e. The van der Waals surface area contributed by atoms with Crippen molar-refractivity contribution < 1.29 is 0 Å². The normalized spacial score (nSPS) is 24.9. The Bertz CT molecular complexity index is 151. The molecule has 0 saturated heterocycles. The largest absolute Gasteiger partial charge is 0.0811 e. The molecule has 99 valence electrons. The lowest BCUT2D eigenvalue weighted by Crippen LogP contribution is -1.82. The van der Waals surface area contributed by atoms with E-state index in [1.54, 1.807) is 0 Å². The smallest absolute Gasteiger partial charge is 0.0279 e. The lowest BCUT2D eigenvalue weighted by molar-refractivity contribution is 0.539. The molecule has 0 aromatic carbocycles. The van der Waals surface area contributed by atoms with E-state index in [-0.39, 0.29) is 0 Å². The summed E-state index contributed by atoms with van der Waals surface area (Å²) in [5.74, 6) is 0. The molecule has 0 atom stereocenters. The molecule has 0 bridgehead atoms. The zero-order valence-corrected chi connectivity index (χ0v) is 11.7. The van der Waals surface area contributed by atoms with Crippen LogP contribution in [0.15, 0.2) is 6.08 Å². The number of rotatable bonds is 0. The number of hydrogen-bond acceptors (Lipinski definition) is 0. The topological polar surface area (TPSA) is 0 Å². The van der Waals surface area contributed by atoms with Crippen LogP contribution in [0.4, 0.5) is 0 Å². The van der Waals surface area contributed by atoms with Gasteiger partial charge in [0, 0.05) is 0 Å². The summed E-state index contributed by atoms with van der Waals surface area (Å²) in [6.07, 6.45) is 27.0. The molecule has 0 spiro atoms. The average molecular weight is 235 g/mol. The molecular formula is C17H31. The zero-order valence-electron chi connectivity index (χ0n) is 11.7. The second kappa shape index (κ2) is 12.2. The first-order chi connectivity index (χ1) is 8.50. The van der Waals surface area contributed by atoms with Crippen molar-refractivity contribution in [3.05, 3.63) is 12.2 Å². The first kappa shape index (κ1) is 14.8. The van der Waals surface area contributed by atoms with E-state index in [9.17, 15) is 0 Å². The van der Waals surface area contributed by atoms with E-state index in [0.29, 0.717) is 0 Å². The third kappa shape index (κ3) is 10.6. The van der Waals surface area contributed by atoms with Gasteiger partial charge in [0.1, 0.15) is 0 Å². The summed E-state index contributed by atoms with van der Waals surface area (Å²) in [5.41, 5.74) is 0. The predicted molar refractivity (Wildman–Crippen MR) is 77.1 cm³/mol. The van der Waals surface area contributed by atoms with Crippen molar-refractivity contribution in [2.24, 2.45) is 0 Å². The van der Waals surface area contributed by atoms with E-state index in [2.05, 4.69) is 12.2 Å². The Morgan fingerprint density at radius 3 is 1.41 bits per heavy atom. The molecule has 0 saturated carbocycles. The Hall–Kier alpha value is -0.260. The fraction of sp³-hybridized carbons (Fsp3) is 0.882. The summed E-state index contributed by atoms with van der Waals surface area (Å²) in [6.45, 7) is 0. The summed E-state index contributed by atoms with van der Waals surface area (Å²) in [7, 11) is 0. The molecular weight excluding hydrogens is 204 g/mol. The maximum atomic E-state index is 3.45. The molecule has 0 unspecified atom stereocenters. The van der Waals surface area contributed by atoms with Gasteiger partial charge in [-0.2, -0.15) is 0 Å². The zero-order chi connectivity index (χ0) is 12.0. The molecule has 0 amide bonds. The van der Waals surface area contributed by atoms with Crippen LogP contribution in [-0.4, -0.2) is 0 Å². The Labute approximate surface area is 109 Å². The lowest BCUT2D eigenvalue weighted by Gasteiger charge is -2.02. The van der Waals surface area contributed by atoms with Crippen LogP contribution in [0.1, 0.15) is 96.3 Å². The van der Waals surface area contributed by atoms with Gasteiger partial charge in [0.05, 0.1) is 0 Å². The fourth-order valence-electron chi connectivity index (χ4n) is 2.62. The highest BCUT2D eigenvalue weighted by atomic mass is 14.0. The van der Waals surface area contributed by atoms with Crippen LogP contribution in [0.25, 0.3) is 0 Å². The highest BCUT2D eigenvalue weighted by Crippen LogP contribution is 2.14. The summed E-state index contributed by atoms with van der Waals surface area (Å²) >= 11 is 0. The van der Waals surface area contributed by atoms with Crippen LogP contribution in [0.5, 0.6) is 0 Å². The van der Waals surface area contributed by atoms with E-state index in [0.717, 1.165) is 0 Å². The third-order valence-corrected chi connectivity index (χ3v) is 3.81. The molecule has 17 heavy (non-hydrogen) atoms. The van der Waals surface area contributed by atoms with E-state index in [1.165, 1.54) is 96.3 Å². The van der Waals surface area contributed by atoms with Crippen LogP contribution < -0.4 is 0 Å². The molecule has 0 aromatic rings. The Morgan fingerprint density at radius 1 is 0.471 bits per heavy atom. The molecule has 1 aliphatic rings. The van der Waals surface area contributed by atoms with E-state index in [1.807, 2.05) is 0 Å². The SMILES string of the molecule is [C]1=C/CCCCCCCCCCCCCCC/1. The Balaban J connectivity index is 2.07. The maximum absolute atomic E-state index is 3.45. The van der Waals surface area contributed by atoms with Gasteiger partial charge in [0.2, 0.25) is 0 Å². The molecule has 1 radical (unpaired) electrons. The van der Waals surface area contributed by atoms with Crippen LogP contribution in [-0.2, 0) is 0 Å². The molecule has 0 heteroatoms. The quantitative estimate of drug-likeness (QED) is 0.468. The molecule has 0 aliphatic heterocycles. The second-order valence-corrected chi connectivity index (χ2v) is 5.54. The van der Waals surface area contributed by atoms with E-state index in [4.69, 9.17) is 0 Å². The minimum absolute atomic E-state index is 1.19. The molecule has 0 fully saturated rings. The Morgan fingerprint density at radius 2 is 0.882 bits per heavy atom. The van der Waals surface area contributed by atoms with Crippen molar-refractivity contribution >= 4 is 0 Å². The van der Waals surface area contributed by atoms with Crippen molar-refractivity contribution in [2.75, 3.05) is 0 Å². The predicted octanol–water partition coefficient (Wildman–Crippen LogP) is 6.21. The van der Waals surface area contributed by atoms with Crippen molar-refractivity contribution in [3.63, 3.8) is 0 Å². The van der Waals surface area contributed by atoms with Gasteiger partial charge in [-0.3, -0.25) is 0 Å². The van der Waals surface area contributed by atoms with Crippen molar-refractivity contribution in [2.45, 2.75) is 96.3 Å². The molecule has 0 nitrogen and oxygen atoms in total. The summed E-state index contributed by atoms with van der Waals surface area (Å²) in [4.78, 5) is 0. The molecule has 0 N–H and O–H groups in total. The van der Waals surface area contributed by atoms with Gasteiger partial charge in [0.25, 0.3) is 0 Å². The summed E-state index contributed by atoms with van der Waals surface area (Å²) < 4.78 is 0. The van der Waals surface area contributed by atoms with Crippen LogP contribution >= 0.6 is 0 Å². The summed E-state index contributed by atoms with van der Waals surface area (Å²) in [5, 5.41) is 0.